The number of anilines is 1. The van der Waals surface area contributed by atoms with Gasteiger partial charge in [-0.15, -0.1) is 0 Å². The Balaban J connectivity index is 1.72. The summed E-state index contributed by atoms with van der Waals surface area (Å²) >= 11 is 0. The quantitative estimate of drug-likeness (QED) is 0.653. The molecule has 3 aromatic heterocycles. The van der Waals surface area contributed by atoms with Gasteiger partial charge in [0.1, 0.15) is 5.82 Å². The maximum Gasteiger partial charge on any atom is 0.258 e. The molecule has 0 radical (unpaired) electrons. The molecule has 1 fully saturated rings. The molecule has 156 valence electrons. The van der Waals surface area contributed by atoms with Gasteiger partial charge in [0.2, 0.25) is 5.91 Å². The summed E-state index contributed by atoms with van der Waals surface area (Å²) in [6, 6.07) is 5.38. The van der Waals surface area contributed by atoms with E-state index in [4.69, 9.17) is 0 Å². The number of nitrogens with one attached hydrogen (secondary N) is 1. The molecule has 1 amide bonds. The van der Waals surface area contributed by atoms with Crippen LogP contribution >= 0.6 is 0 Å². The molecule has 7 heteroatoms. The first-order valence-electron chi connectivity index (χ1n) is 10.3. The Morgan fingerprint density at radius 3 is 2.67 bits per heavy atom. The average molecular weight is 406 g/mol. The molecular weight excluding hydrogens is 380 g/mol. The summed E-state index contributed by atoms with van der Waals surface area (Å²) in [6.07, 6.45) is 6.08. The van der Waals surface area contributed by atoms with Crippen LogP contribution in [0.2, 0.25) is 0 Å². The number of fused-ring (bicyclic) bond motifs is 1. The van der Waals surface area contributed by atoms with Crippen molar-refractivity contribution in [3.8, 4) is 11.1 Å². The minimum atomic E-state index is -0.601. The number of aryl methyl sites for hydroxylation is 2. The van der Waals surface area contributed by atoms with Crippen molar-refractivity contribution in [1.82, 2.24) is 14.5 Å². The summed E-state index contributed by atoms with van der Waals surface area (Å²) in [4.78, 5) is 33.8. The minimum absolute atomic E-state index is 0.0180. The Labute approximate surface area is 174 Å². The molecule has 1 aliphatic rings. The fourth-order valence-electron chi connectivity index (χ4n) is 3.66. The fourth-order valence-corrected chi connectivity index (χ4v) is 3.66. The van der Waals surface area contributed by atoms with Crippen LogP contribution in [0.25, 0.3) is 22.0 Å². The molecule has 0 saturated heterocycles. The van der Waals surface area contributed by atoms with E-state index in [-0.39, 0.29) is 17.4 Å². The summed E-state index contributed by atoms with van der Waals surface area (Å²) in [5, 5.41) is 13.8. The van der Waals surface area contributed by atoms with Crippen molar-refractivity contribution in [2.24, 2.45) is 13.0 Å². The normalized spacial score (nSPS) is 14.7. The summed E-state index contributed by atoms with van der Waals surface area (Å²) in [5.74, 6) is 0.521. The van der Waals surface area contributed by atoms with Gasteiger partial charge in [-0.25, -0.2) is 4.98 Å². The lowest BCUT2D eigenvalue weighted by Crippen LogP contribution is -2.20. The fraction of sp³-hybridized carbons (Fsp3) is 0.391. The molecule has 4 rings (SSSR count). The number of nitrogens with zero attached hydrogens (tertiary/aromatic N) is 3. The number of hydrogen-bond acceptors (Lipinski definition) is 5. The molecule has 0 aliphatic heterocycles. The Morgan fingerprint density at radius 1 is 1.23 bits per heavy atom. The highest BCUT2D eigenvalue weighted by Crippen LogP contribution is 2.30. The van der Waals surface area contributed by atoms with Gasteiger partial charge in [0.15, 0.2) is 0 Å². The molecular formula is C23H26N4O3. The first kappa shape index (κ1) is 20.2. The Morgan fingerprint density at radius 2 is 2.00 bits per heavy atom. The lowest BCUT2D eigenvalue weighted by Gasteiger charge is -2.14. The molecule has 0 bridgehead atoms. The highest BCUT2D eigenvalue weighted by atomic mass is 16.3. The van der Waals surface area contributed by atoms with E-state index in [1.54, 1.807) is 30.1 Å². The standard InChI is InChI=1S/C23H26N4O3/c1-4-5-20(28)18-8-13(2)17(12-24-18)16-9-15-11-25-21(26-22(29)14-6-7-14)10-19(15)27(3)23(16)30/h8-12,14,20,28H,4-7H2,1-3H3,(H,25,26,29). The molecule has 1 atom stereocenters. The van der Waals surface area contributed by atoms with E-state index in [1.807, 2.05) is 26.0 Å². The molecule has 30 heavy (non-hydrogen) atoms. The zero-order chi connectivity index (χ0) is 21.4. The Kier molecular flexibility index (Phi) is 5.39. The molecule has 1 saturated carbocycles. The van der Waals surface area contributed by atoms with Gasteiger partial charge in [-0.3, -0.25) is 14.6 Å². The molecule has 0 spiro atoms. The van der Waals surface area contributed by atoms with Crippen molar-refractivity contribution in [2.75, 3.05) is 5.32 Å². The van der Waals surface area contributed by atoms with Crippen LogP contribution in [0, 0.1) is 12.8 Å². The van der Waals surface area contributed by atoms with Crippen molar-refractivity contribution in [1.29, 1.82) is 0 Å². The predicted octanol–water partition coefficient (Wildman–Crippen LogP) is 3.49. The number of carbonyl (C=O) groups excluding carboxylic acids is 1. The van der Waals surface area contributed by atoms with Crippen LogP contribution in [0.5, 0.6) is 0 Å². The molecule has 1 aliphatic carbocycles. The highest BCUT2D eigenvalue weighted by Gasteiger charge is 2.29. The van der Waals surface area contributed by atoms with Crippen LogP contribution in [0.15, 0.2) is 35.4 Å². The Hall–Kier alpha value is -3.06. The van der Waals surface area contributed by atoms with Gasteiger partial charge in [-0.05, 0) is 43.9 Å². The average Bonchev–Trinajstić information content (AvgIpc) is 3.57. The third-order valence-corrected chi connectivity index (χ3v) is 5.63. The largest absolute Gasteiger partial charge is 0.387 e. The van der Waals surface area contributed by atoms with E-state index < -0.39 is 6.10 Å². The summed E-state index contributed by atoms with van der Waals surface area (Å²) in [7, 11) is 1.71. The van der Waals surface area contributed by atoms with Gasteiger partial charge in [0, 0.05) is 47.9 Å². The van der Waals surface area contributed by atoms with Crippen LogP contribution in [-0.2, 0) is 11.8 Å². The first-order valence-corrected chi connectivity index (χ1v) is 10.3. The van der Waals surface area contributed by atoms with Crippen LogP contribution in [-0.4, -0.2) is 25.5 Å². The third kappa shape index (κ3) is 3.85. The summed E-state index contributed by atoms with van der Waals surface area (Å²) < 4.78 is 1.57. The van der Waals surface area contributed by atoms with Crippen LogP contribution in [0.1, 0.15) is 50.0 Å². The van der Waals surface area contributed by atoms with E-state index in [0.29, 0.717) is 29.0 Å². The number of amides is 1. The Bertz CT molecular complexity index is 1180. The zero-order valence-corrected chi connectivity index (χ0v) is 17.5. The summed E-state index contributed by atoms with van der Waals surface area (Å²) in [6.45, 7) is 3.93. The van der Waals surface area contributed by atoms with E-state index in [9.17, 15) is 14.7 Å². The summed E-state index contributed by atoms with van der Waals surface area (Å²) in [5.41, 5.74) is 3.31. The van der Waals surface area contributed by atoms with E-state index in [0.717, 1.165) is 35.8 Å². The van der Waals surface area contributed by atoms with Gasteiger partial charge < -0.3 is 15.0 Å². The molecule has 2 N–H and O–H groups in total. The van der Waals surface area contributed by atoms with Crippen molar-refractivity contribution in [3.63, 3.8) is 0 Å². The minimum Gasteiger partial charge on any atom is -0.387 e. The number of carbonyl (C=O) groups is 1. The molecule has 3 aromatic rings. The topological polar surface area (TPSA) is 97.1 Å². The number of rotatable bonds is 6. The number of aliphatic hydroxyl groups is 1. The lowest BCUT2D eigenvalue weighted by molar-refractivity contribution is -0.117. The zero-order valence-electron chi connectivity index (χ0n) is 17.5. The van der Waals surface area contributed by atoms with Gasteiger partial charge in [-0.2, -0.15) is 0 Å². The van der Waals surface area contributed by atoms with Gasteiger partial charge in [-0.1, -0.05) is 13.3 Å². The van der Waals surface area contributed by atoms with Crippen LogP contribution < -0.4 is 10.9 Å². The molecule has 3 heterocycles. The van der Waals surface area contributed by atoms with Crippen molar-refractivity contribution in [2.45, 2.75) is 45.6 Å². The van der Waals surface area contributed by atoms with Crippen molar-refractivity contribution >= 4 is 22.6 Å². The van der Waals surface area contributed by atoms with Gasteiger partial charge >= 0.3 is 0 Å². The monoisotopic (exact) mass is 406 g/mol. The van der Waals surface area contributed by atoms with E-state index in [2.05, 4.69) is 15.3 Å². The van der Waals surface area contributed by atoms with Crippen LogP contribution in [0.3, 0.4) is 0 Å². The van der Waals surface area contributed by atoms with E-state index in [1.165, 1.54) is 0 Å². The third-order valence-electron chi connectivity index (χ3n) is 5.63. The van der Waals surface area contributed by atoms with Gasteiger partial charge in [0.25, 0.3) is 5.56 Å². The highest BCUT2D eigenvalue weighted by molar-refractivity contribution is 5.95. The maximum atomic E-state index is 13.1. The number of hydrogen-bond donors (Lipinski definition) is 2. The second-order valence-corrected chi connectivity index (χ2v) is 8.04. The van der Waals surface area contributed by atoms with Crippen molar-refractivity contribution in [3.05, 3.63) is 52.2 Å². The maximum absolute atomic E-state index is 13.1. The second-order valence-electron chi connectivity index (χ2n) is 8.04. The van der Waals surface area contributed by atoms with Gasteiger partial charge in [0.05, 0.1) is 17.3 Å². The van der Waals surface area contributed by atoms with Crippen molar-refractivity contribution < 1.29 is 9.90 Å². The molecule has 0 aromatic carbocycles. The number of aromatic nitrogens is 3. The van der Waals surface area contributed by atoms with E-state index >= 15 is 0 Å². The predicted molar refractivity (Wildman–Crippen MR) is 116 cm³/mol. The van der Waals surface area contributed by atoms with Crippen LogP contribution in [0.4, 0.5) is 5.82 Å². The smallest absolute Gasteiger partial charge is 0.258 e. The molecule has 1 unspecified atom stereocenters. The second kappa shape index (κ2) is 7.99. The lowest BCUT2D eigenvalue weighted by atomic mass is 10.0. The molecule has 7 nitrogen and oxygen atoms in total. The first-order chi connectivity index (χ1) is 14.4. The SMILES string of the molecule is CCCC(O)c1cc(C)c(-c2cc3cnc(NC(=O)C4CC4)cc3n(C)c2=O)cn1. The number of pyridine rings is 3. The number of aliphatic hydroxyl groups excluding tert-OH is 1.